The van der Waals surface area contributed by atoms with E-state index in [1.165, 1.54) is 13.2 Å². The molecule has 4 nitrogen and oxygen atoms in total. The fraction of sp³-hybridized carbons (Fsp3) is 0.118. The molecule has 0 heterocycles. The largest absolute Gasteiger partial charge is 0.493 e. The Bertz CT molecular complexity index is 743. The van der Waals surface area contributed by atoms with Crippen LogP contribution in [0.4, 0.5) is 0 Å². The van der Waals surface area contributed by atoms with Crippen molar-refractivity contribution in [1.82, 2.24) is 0 Å². The number of carboxylic acid groups (broad SMARTS) is 1. The van der Waals surface area contributed by atoms with Crippen LogP contribution in [-0.2, 0) is 11.4 Å². The number of halogens is 2. The molecule has 0 fully saturated rings. The summed E-state index contributed by atoms with van der Waals surface area (Å²) in [5, 5.41) is 9.03. The van der Waals surface area contributed by atoms with Gasteiger partial charge in [0.05, 0.1) is 12.1 Å². The van der Waals surface area contributed by atoms with E-state index < -0.39 is 5.97 Å². The second-order valence-electron chi connectivity index (χ2n) is 4.62. The van der Waals surface area contributed by atoms with Crippen molar-refractivity contribution in [3.05, 3.63) is 63.1 Å². The molecule has 0 aliphatic rings. The molecule has 2 aromatic carbocycles. The van der Waals surface area contributed by atoms with Crippen molar-refractivity contribution >= 4 is 39.6 Å². The maximum atomic E-state index is 10.6. The van der Waals surface area contributed by atoms with E-state index >= 15 is 0 Å². The molecule has 23 heavy (non-hydrogen) atoms. The Labute approximate surface area is 147 Å². The molecule has 0 amide bonds. The minimum absolute atomic E-state index is 0.333. The Morgan fingerprint density at radius 3 is 2.78 bits per heavy atom. The van der Waals surface area contributed by atoms with Gasteiger partial charge in [0.1, 0.15) is 6.61 Å². The highest BCUT2D eigenvalue weighted by Gasteiger charge is 2.12. The molecule has 0 saturated heterocycles. The van der Waals surface area contributed by atoms with Gasteiger partial charge >= 0.3 is 5.97 Å². The van der Waals surface area contributed by atoms with Gasteiger partial charge in [-0.2, -0.15) is 0 Å². The van der Waals surface area contributed by atoms with Crippen LogP contribution < -0.4 is 9.47 Å². The predicted octanol–water partition coefficient (Wildman–Crippen LogP) is 4.79. The van der Waals surface area contributed by atoms with Crippen LogP contribution >= 0.6 is 27.5 Å². The van der Waals surface area contributed by atoms with Gasteiger partial charge in [-0.3, -0.25) is 0 Å². The molecule has 0 unspecified atom stereocenters. The van der Waals surface area contributed by atoms with Gasteiger partial charge in [0.25, 0.3) is 0 Å². The molecule has 0 bridgehead atoms. The number of carbonyl (C=O) groups is 1. The number of rotatable bonds is 6. The fourth-order valence-corrected chi connectivity index (χ4v) is 2.65. The molecule has 1 N–H and O–H groups in total. The molecule has 120 valence electrons. The Morgan fingerprint density at radius 1 is 1.35 bits per heavy atom. The highest BCUT2D eigenvalue weighted by molar-refractivity contribution is 9.10. The monoisotopic (exact) mass is 396 g/mol. The van der Waals surface area contributed by atoms with E-state index in [0.29, 0.717) is 28.7 Å². The molecule has 0 aliphatic carbocycles. The van der Waals surface area contributed by atoms with E-state index in [2.05, 4.69) is 15.9 Å². The van der Waals surface area contributed by atoms with E-state index in [4.69, 9.17) is 26.2 Å². The van der Waals surface area contributed by atoms with Crippen LogP contribution in [0.3, 0.4) is 0 Å². The van der Waals surface area contributed by atoms with E-state index in [1.807, 2.05) is 24.3 Å². The van der Waals surface area contributed by atoms with Crippen LogP contribution in [0.25, 0.3) is 6.08 Å². The third kappa shape index (κ3) is 5.01. The van der Waals surface area contributed by atoms with Crippen LogP contribution in [0.5, 0.6) is 11.5 Å². The lowest BCUT2D eigenvalue weighted by Gasteiger charge is -2.13. The molecule has 0 atom stereocenters. The van der Waals surface area contributed by atoms with Gasteiger partial charge in [0.2, 0.25) is 0 Å². The zero-order valence-corrected chi connectivity index (χ0v) is 14.6. The number of methoxy groups -OCH3 is 1. The average Bonchev–Trinajstić information content (AvgIpc) is 2.51. The number of hydrogen-bond acceptors (Lipinski definition) is 3. The van der Waals surface area contributed by atoms with Crippen LogP contribution in [0.15, 0.2) is 46.9 Å². The standard InChI is InChI=1S/C17H14BrClO4/c1-22-15-9-11(5-6-16(20)21)8-14(19)17(15)23-10-12-3-2-4-13(18)7-12/h2-9H,10H2,1H3,(H,20,21)/b6-5+. The van der Waals surface area contributed by atoms with Crippen molar-refractivity contribution in [2.45, 2.75) is 6.61 Å². The van der Waals surface area contributed by atoms with E-state index in [-0.39, 0.29) is 0 Å². The maximum absolute atomic E-state index is 10.6. The van der Waals surface area contributed by atoms with Crippen molar-refractivity contribution < 1.29 is 19.4 Å². The summed E-state index contributed by atoms with van der Waals surface area (Å²) in [5.41, 5.74) is 1.59. The summed E-state index contributed by atoms with van der Waals surface area (Å²) >= 11 is 9.64. The number of carboxylic acids is 1. The Morgan fingerprint density at radius 2 is 2.13 bits per heavy atom. The molecule has 6 heteroatoms. The quantitative estimate of drug-likeness (QED) is 0.712. The van der Waals surface area contributed by atoms with Crippen molar-refractivity contribution in [2.24, 2.45) is 0 Å². The third-order valence-electron chi connectivity index (χ3n) is 2.94. The Hall–Kier alpha value is -1.98. The second-order valence-corrected chi connectivity index (χ2v) is 5.95. The lowest BCUT2D eigenvalue weighted by molar-refractivity contribution is -0.131. The molecule has 0 aliphatic heterocycles. The maximum Gasteiger partial charge on any atom is 0.328 e. The highest BCUT2D eigenvalue weighted by Crippen LogP contribution is 2.37. The topological polar surface area (TPSA) is 55.8 Å². The first kappa shape index (κ1) is 17.4. The van der Waals surface area contributed by atoms with Crippen LogP contribution in [0, 0.1) is 0 Å². The lowest BCUT2D eigenvalue weighted by Crippen LogP contribution is -1.99. The highest BCUT2D eigenvalue weighted by atomic mass is 79.9. The van der Waals surface area contributed by atoms with Gasteiger partial charge < -0.3 is 14.6 Å². The molecule has 2 aromatic rings. The summed E-state index contributed by atoms with van der Waals surface area (Å²) in [6.45, 7) is 0.333. The zero-order valence-electron chi connectivity index (χ0n) is 12.3. The minimum Gasteiger partial charge on any atom is -0.493 e. The van der Waals surface area contributed by atoms with Gasteiger partial charge in [-0.25, -0.2) is 4.79 Å². The number of aliphatic carboxylic acids is 1. The molecule has 2 rings (SSSR count). The van der Waals surface area contributed by atoms with Crippen LogP contribution in [0.2, 0.25) is 5.02 Å². The first-order valence-electron chi connectivity index (χ1n) is 6.65. The van der Waals surface area contributed by atoms with E-state index in [1.54, 1.807) is 12.1 Å². The van der Waals surface area contributed by atoms with Gasteiger partial charge in [-0.15, -0.1) is 0 Å². The summed E-state index contributed by atoms with van der Waals surface area (Å²) in [5.74, 6) is -0.172. The molecular weight excluding hydrogens is 384 g/mol. The first-order chi connectivity index (χ1) is 11.0. The Balaban J connectivity index is 2.22. The molecule has 0 saturated carbocycles. The summed E-state index contributed by atoms with van der Waals surface area (Å²) in [6, 6.07) is 11.0. The van der Waals surface area contributed by atoms with E-state index in [9.17, 15) is 4.79 Å². The smallest absolute Gasteiger partial charge is 0.328 e. The number of benzene rings is 2. The summed E-state index contributed by atoms with van der Waals surface area (Å²) in [7, 11) is 1.50. The molecular formula is C17H14BrClO4. The fourth-order valence-electron chi connectivity index (χ4n) is 1.93. The summed E-state index contributed by atoms with van der Waals surface area (Å²) in [6.07, 6.45) is 2.47. The normalized spacial score (nSPS) is 10.7. The van der Waals surface area contributed by atoms with Crippen molar-refractivity contribution in [3.8, 4) is 11.5 Å². The van der Waals surface area contributed by atoms with Crippen molar-refractivity contribution in [2.75, 3.05) is 7.11 Å². The number of ether oxygens (including phenoxy) is 2. The number of hydrogen-bond donors (Lipinski definition) is 1. The molecule has 0 radical (unpaired) electrons. The third-order valence-corrected chi connectivity index (χ3v) is 3.72. The average molecular weight is 398 g/mol. The van der Waals surface area contributed by atoms with Gasteiger partial charge in [0.15, 0.2) is 11.5 Å². The lowest BCUT2D eigenvalue weighted by atomic mass is 10.2. The van der Waals surface area contributed by atoms with Crippen LogP contribution in [-0.4, -0.2) is 18.2 Å². The minimum atomic E-state index is -1.03. The molecule has 0 aromatic heterocycles. The van der Waals surface area contributed by atoms with E-state index in [0.717, 1.165) is 16.1 Å². The van der Waals surface area contributed by atoms with Gasteiger partial charge in [-0.05, 0) is 41.5 Å². The van der Waals surface area contributed by atoms with Crippen LogP contribution in [0.1, 0.15) is 11.1 Å². The summed E-state index contributed by atoms with van der Waals surface area (Å²) in [4.78, 5) is 10.6. The van der Waals surface area contributed by atoms with Crippen molar-refractivity contribution in [1.29, 1.82) is 0 Å². The first-order valence-corrected chi connectivity index (χ1v) is 7.82. The van der Waals surface area contributed by atoms with Crippen molar-refractivity contribution in [3.63, 3.8) is 0 Å². The van der Waals surface area contributed by atoms with Gasteiger partial charge in [-0.1, -0.05) is 39.7 Å². The predicted molar refractivity (Wildman–Crippen MR) is 93.1 cm³/mol. The molecule has 0 spiro atoms. The SMILES string of the molecule is COc1cc(/C=C/C(=O)O)cc(Cl)c1OCc1cccc(Br)c1. The van der Waals surface area contributed by atoms with Gasteiger partial charge in [0, 0.05) is 10.5 Å². The summed E-state index contributed by atoms with van der Waals surface area (Å²) < 4.78 is 12.0. The zero-order chi connectivity index (χ0) is 16.8. The Kier molecular flexibility index (Phi) is 6.07. The second kappa shape index (κ2) is 8.04.